The number of aliphatic carboxylic acids is 1. The van der Waals surface area contributed by atoms with E-state index in [-0.39, 0.29) is 5.91 Å². The van der Waals surface area contributed by atoms with Crippen LogP contribution < -0.4 is 4.74 Å². The molecule has 0 radical (unpaired) electrons. The second kappa shape index (κ2) is 5.69. The summed E-state index contributed by atoms with van der Waals surface area (Å²) in [6, 6.07) is 2.69. The molecule has 2 rings (SSSR count). The van der Waals surface area contributed by atoms with Gasteiger partial charge in [-0.25, -0.2) is 4.79 Å². The van der Waals surface area contributed by atoms with Crippen molar-refractivity contribution in [2.45, 2.75) is 31.9 Å². The Kier molecular flexibility index (Phi) is 3.99. The zero-order chi connectivity index (χ0) is 13.8. The van der Waals surface area contributed by atoms with Gasteiger partial charge in [0.2, 0.25) is 0 Å². The first-order valence-electron chi connectivity index (χ1n) is 6.19. The maximum atomic E-state index is 12.2. The number of rotatable bonds is 4. The molecular formula is C13H16N2O4. The van der Waals surface area contributed by atoms with Gasteiger partial charge >= 0.3 is 5.97 Å². The van der Waals surface area contributed by atoms with E-state index >= 15 is 0 Å². The van der Waals surface area contributed by atoms with Crippen LogP contribution in [0.25, 0.3) is 0 Å². The van der Waals surface area contributed by atoms with Gasteiger partial charge in [-0.15, -0.1) is 0 Å². The largest absolute Gasteiger partial charge is 0.480 e. The van der Waals surface area contributed by atoms with Gasteiger partial charge in [-0.3, -0.25) is 9.78 Å². The molecule has 19 heavy (non-hydrogen) atoms. The van der Waals surface area contributed by atoms with Crippen LogP contribution in [-0.2, 0) is 9.59 Å². The summed E-state index contributed by atoms with van der Waals surface area (Å²) in [6.45, 7) is 2.09. The number of carbonyl (C=O) groups is 2. The minimum Gasteiger partial charge on any atom is -0.480 e. The number of amides is 1. The maximum Gasteiger partial charge on any atom is 0.326 e. The number of aromatic nitrogens is 1. The highest BCUT2D eigenvalue weighted by atomic mass is 16.5. The van der Waals surface area contributed by atoms with Crippen LogP contribution in [0.5, 0.6) is 5.75 Å². The summed E-state index contributed by atoms with van der Waals surface area (Å²) >= 11 is 0. The summed E-state index contributed by atoms with van der Waals surface area (Å²) in [5.41, 5.74) is 0. The normalized spacial score (nSPS) is 20.1. The maximum absolute atomic E-state index is 12.2. The predicted molar refractivity (Wildman–Crippen MR) is 66.7 cm³/mol. The molecule has 0 spiro atoms. The molecule has 1 saturated heterocycles. The van der Waals surface area contributed by atoms with Crippen LogP contribution in [0.1, 0.15) is 19.8 Å². The van der Waals surface area contributed by atoms with E-state index < -0.39 is 18.1 Å². The lowest BCUT2D eigenvalue weighted by Crippen LogP contribution is -2.46. The highest BCUT2D eigenvalue weighted by molar-refractivity contribution is 5.86. The van der Waals surface area contributed by atoms with E-state index in [1.807, 2.05) is 0 Å². The second-order valence-corrected chi connectivity index (χ2v) is 4.48. The summed E-state index contributed by atoms with van der Waals surface area (Å²) in [5.74, 6) is -0.761. The van der Waals surface area contributed by atoms with Crippen molar-refractivity contribution >= 4 is 11.9 Å². The number of ether oxygens (including phenoxy) is 1. The molecule has 2 atom stereocenters. The fourth-order valence-corrected chi connectivity index (χ4v) is 2.19. The Morgan fingerprint density at radius 3 is 3.00 bits per heavy atom. The molecule has 1 amide bonds. The monoisotopic (exact) mass is 264 g/mol. The highest BCUT2D eigenvalue weighted by Crippen LogP contribution is 2.20. The van der Waals surface area contributed by atoms with Crippen molar-refractivity contribution in [1.82, 2.24) is 9.88 Å². The Labute approximate surface area is 111 Å². The third-order valence-corrected chi connectivity index (χ3v) is 3.12. The number of pyridine rings is 1. The van der Waals surface area contributed by atoms with Gasteiger partial charge < -0.3 is 14.7 Å². The Balaban J connectivity index is 2.01. The average Bonchev–Trinajstić information content (AvgIpc) is 2.88. The molecule has 0 unspecified atom stereocenters. The van der Waals surface area contributed by atoms with E-state index in [0.29, 0.717) is 25.1 Å². The van der Waals surface area contributed by atoms with Gasteiger partial charge in [0, 0.05) is 12.7 Å². The number of carboxylic acid groups (broad SMARTS) is 1. The number of carbonyl (C=O) groups excluding carboxylic acids is 1. The van der Waals surface area contributed by atoms with Crippen molar-refractivity contribution in [3.8, 4) is 5.75 Å². The number of nitrogens with zero attached hydrogens (tertiary/aromatic N) is 2. The topological polar surface area (TPSA) is 79.7 Å². The molecule has 2 heterocycles. The van der Waals surface area contributed by atoms with Gasteiger partial charge in [0.05, 0.1) is 6.20 Å². The van der Waals surface area contributed by atoms with Crippen LogP contribution in [0.15, 0.2) is 24.5 Å². The smallest absolute Gasteiger partial charge is 0.326 e. The lowest BCUT2D eigenvalue weighted by Gasteiger charge is -2.25. The first kappa shape index (κ1) is 13.3. The molecule has 0 aliphatic carbocycles. The van der Waals surface area contributed by atoms with Crippen LogP contribution >= 0.6 is 0 Å². The molecule has 1 aliphatic rings. The molecule has 1 aliphatic heterocycles. The molecular weight excluding hydrogens is 248 g/mol. The summed E-state index contributed by atoms with van der Waals surface area (Å²) in [6.07, 6.45) is 3.62. The quantitative estimate of drug-likeness (QED) is 0.874. The van der Waals surface area contributed by atoms with E-state index in [1.54, 1.807) is 25.3 Å². The van der Waals surface area contributed by atoms with Crippen molar-refractivity contribution in [2.24, 2.45) is 0 Å². The molecule has 6 nitrogen and oxygen atoms in total. The lowest BCUT2D eigenvalue weighted by molar-refractivity contribution is -0.150. The van der Waals surface area contributed by atoms with E-state index in [9.17, 15) is 9.59 Å². The van der Waals surface area contributed by atoms with Crippen LogP contribution in [-0.4, -0.2) is 45.6 Å². The molecule has 1 aromatic rings. The number of carboxylic acids is 1. The third kappa shape index (κ3) is 3.01. The van der Waals surface area contributed by atoms with Gasteiger partial charge in [0.25, 0.3) is 5.91 Å². The molecule has 1 fully saturated rings. The van der Waals surface area contributed by atoms with E-state index in [0.717, 1.165) is 0 Å². The predicted octanol–water partition coefficient (Wildman–Crippen LogP) is 0.924. The first-order chi connectivity index (χ1) is 9.09. The first-order valence-corrected chi connectivity index (χ1v) is 6.19. The zero-order valence-corrected chi connectivity index (χ0v) is 10.7. The molecule has 0 bridgehead atoms. The van der Waals surface area contributed by atoms with E-state index in [1.165, 1.54) is 11.1 Å². The van der Waals surface area contributed by atoms with Crippen LogP contribution in [0.3, 0.4) is 0 Å². The van der Waals surface area contributed by atoms with Crippen LogP contribution in [0.4, 0.5) is 0 Å². The Morgan fingerprint density at radius 2 is 2.37 bits per heavy atom. The molecule has 6 heteroatoms. The Bertz CT molecular complexity index is 463. The number of hydrogen-bond donors (Lipinski definition) is 1. The van der Waals surface area contributed by atoms with Gasteiger partial charge in [0.15, 0.2) is 6.10 Å². The van der Waals surface area contributed by atoms with Gasteiger partial charge in [-0.1, -0.05) is 0 Å². The standard InChI is InChI=1S/C13H16N2O4/c1-9(19-10-4-2-6-14-8-10)12(16)15-7-3-5-11(15)13(17)18/h2,4,6,8-9,11H,3,5,7H2,1H3,(H,17,18)/t9-,11+/m1/s1. The summed E-state index contributed by atoms with van der Waals surface area (Å²) in [4.78, 5) is 28.5. The number of hydrogen-bond acceptors (Lipinski definition) is 4. The zero-order valence-electron chi connectivity index (χ0n) is 10.7. The summed E-state index contributed by atoms with van der Waals surface area (Å²) in [7, 11) is 0. The van der Waals surface area contributed by atoms with Crippen LogP contribution in [0.2, 0.25) is 0 Å². The molecule has 1 N–H and O–H groups in total. The Morgan fingerprint density at radius 1 is 1.58 bits per heavy atom. The van der Waals surface area contributed by atoms with Crippen molar-refractivity contribution in [3.63, 3.8) is 0 Å². The van der Waals surface area contributed by atoms with Gasteiger partial charge in [-0.2, -0.15) is 0 Å². The van der Waals surface area contributed by atoms with E-state index in [4.69, 9.17) is 9.84 Å². The minimum absolute atomic E-state index is 0.297. The number of likely N-dealkylation sites (tertiary alicyclic amines) is 1. The van der Waals surface area contributed by atoms with E-state index in [2.05, 4.69) is 4.98 Å². The van der Waals surface area contributed by atoms with Gasteiger partial charge in [-0.05, 0) is 31.9 Å². The lowest BCUT2D eigenvalue weighted by atomic mass is 10.2. The van der Waals surface area contributed by atoms with Crippen LogP contribution in [0, 0.1) is 0 Å². The molecule has 102 valence electrons. The SMILES string of the molecule is C[C@@H](Oc1cccnc1)C(=O)N1CCC[C@H]1C(=O)O. The van der Waals surface area contributed by atoms with Crippen molar-refractivity contribution in [1.29, 1.82) is 0 Å². The second-order valence-electron chi connectivity index (χ2n) is 4.48. The molecule has 1 aromatic heterocycles. The summed E-state index contributed by atoms with van der Waals surface area (Å²) < 4.78 is 5.47. The minimum atomic E-state index is -0.959. The molecule has 0 saturated carbocycles. The average molecular weight is 264 g/mol. The third-order valence-electron chi connectivity index (χ3n) is 3.12. The highest BCUT2D eigenvalue weighted by Gasteiger charge is 2.36. The fraction of sp³-hybridized carbons (Fsp3) is 0.462. The fourth-order valence-electron chi connectivity index (χ4n) is 2.19. The molecule has 0 aromatic carbocycles. The van der Waals surface area contributed by atoms with Crippen molar-refractivity contribution in [3.05, 3.63) is 24.5 Å². The van der Waals surface area contributed by atoms with Crippen molar-refractivity contribution < 1.29 is 19.4 Å². The summed E-state index contributed by atoms with van der Waals surface area (Å²) in [5, 5.41) is 9.06. The van der Waals surface area contributed by atoms with Gasteiger partial charge in [0.1, 0.15) is 11.8 Å². The Hall–Kier alpha value is -2.11. The van der Waals surface area contributed by atoms with Crippen molar-refractivity contribution in [2.75, 3.05) is 6.54 Å².